The molecule has 9 heteroatoms. The zero-order valence-electron chi connectivity index (χ0n) is 18.5. The highest BCUT2D eigenvalue weighted by molar-refractivity contribution is 6.34. The van der Waals surface area contributed by atoms with Crippen LogP contribution in [0.2, 0.25) is 5.02 Å². The van der Waals surface area contributed by atoms with Crippen LogP contribution in [0.4, 0.5) is 11.5 Å². The summed E-state index contributed by atoms with van der Waals surface area (Å²) in [6.45, 7) is 3.77. The van der Waals surface area contributed by atoms with Crippen LogP contribution in [0.1, 0.15) is 29.9 Å². The van der Waals surface area contributed by atoms with E-state index in [9.17, 15) is 9.59 Å². The van der Waals surface area contributed by atoms with Crippen molar-refractivity contribution < 1.29 is 14.3 Å². The number of hydrogen-bond donors (Lipinski definition) is 1. The Hall–Kier alpha value is -3.10. The van der Waals surface area contributed by atoms with E-state index >= 15 is 0 Å². The molecule has 0 bridgehead atoms. The van der Waals surface area contributed by atoms with Crippen LogP contribution in [0.25, 0.3) is 5.52 Å². The van der Waals surface area contributed by atoms with Gasteiger partial charge in [0.1, 0.15) is 5.82 Å². The van der Waals surface area contributed by atoms with Crippen molar-refractivity contribution in [1.29, 1.82) is 0 Å². The summed E-state index contributed by atoms with van der Waals surface area (Å²) in [5.74, 6) is 0.171. The number of amides is 2. The fourth-order valence-corrected chi connectivity index (χ4v) is 5.17. The normalized spacial score (nSPS) is 19.3. The first-order valence-corrected chi connectivity index (χ1v) is 11.5. The summed E-state index contributed by atoms with van der Waals surface area (Å²) >= 11 is 6.79. The fourth-order valence-electron chi connectivity index (χ4n) is 4.79. The van der Waals surface area contributed by atoms with Crippen LogP contribution in [0.15, 0.2) is 42.6 Å². The molecule has 5 rings (SSSR count). The minimum atomic E-state index is -0.393. The number of aromatic nitrogens is 2. The first kappa shape index (κ1) is 21.7. The largest absolute Gasteiger partial charge is 0.380 e. The van der Waals surface area contributed by atoms with Crippen LogP contribution in [-0.2, 0) is 20.9 Å². The number of nitrogens with zero attached hydrogens (tertiary/aromatic N) is 4. The number of piperazine rings is 1. The molecular formula is C24H26ClN5O3. The van der Waals surface area contributed by atoms with E-state index in [1.54, 1.807) is 7.11 Å². The summed E-state index contributed by atoms with van der Waals surface area (Å²) in [4.78, 5) is 28.5. The number of anilines is 2. The minimum Gasteiger partial charge on any atom is -0.380 e. The van der Waals surface area contributed by atoms with E-state index in [-0.39, 0.29) is 11.8 Å². The maximum absolute atomic E-state index is 12.4. The number of methoxy groups -OCH3 is 1. The summed E-state index contributed by atoms with van der Waals surface area (Å²) in [7, 11) is 1.69. The van der Waals surface area contributed by atoms with Gasteiger partial charge in [-0.2, -0.15) is 5.10 Å². The van der Waals surface area contributed by atoms with E-state index in [2.05, 4.69) is 32.3 Å². The SMILES string of the molecule is COCc1ccc(N2CCN(c3cccc(C4CCC(=O)NC4=O)c3Cl)CC2)n2nccc12. The van der Waals surface area contributed by atoms with Crippen molar-refractivity contribution >= 4 is 40.4 Å². The van der Waals surface area contributed by atoms with Gasteiger partial charge in [-0.15, -0.1) is 0 Å². The Morgan fingerprint density at radius 3 is 2.64 bits per heavy atom. The number of nitrogens with one attached hydrogen (secondary N) is 1. The molecule has 0 spiro atoms. The molecule has 2 amide bonds. The van der Waals surface area contributed by atoms with Crippen molar-refractivity contribution in [3.8, 4) is 0 Å². The van der Waals surface area contributed by atoms with Gasteiger partial charge in [0.05, 0.1) is 34.9 Å². The van der Waals surface area contributed by atoms with E-state index in [1.807, 2.05) is 35.0 Å². The molecule has 33 heavy (non-hydrogen) atoms. The first-order valence-electron chi connectivity index (χ1n) is 11.1. The van der Waals surface area contributed by atoms with E-state index in [4.69, 9.17) is 16.3 Å². The standard InChI is InChI=1S/C24H26ClN5O3/c1-33-15-16-5-8-22(30-19(16)9-10-26-30)29-13-11-28(12-14-29)20-4-2-3-17(23(20)25)18-6-7-21(31)27-24(18)32/h2-5,8-10,18H,6-7,11-15H2,1H3,(H,27,31,32). The Bertz CT molecular complexity index is 1200. The molecule has 2 aliphatic rings. The Kier molecular flexibility index (Phi) is 5.95. The first-order chi connectivity index (χ1) is 16.1. The average molecular weight is 468 g/mol. The summed E-state index contributed by atoms with van der Waals surface area (Å²) in [5.41, 5.74) is 3.87. The van der Waals surface area contributed by atoms with Crippen molar-refractivity contribution in [2.75, 3.05) is 43.1 Å². The number of rotatable bonds is 5. The molecule has 172 valence electrons. The molecule has 2 fully saturated rings. The van der Waals surface area contributed by atoms with Crippen molar-refractivity contribution in [1.82, 2.24) is 14.9 Å². The predicted octanol–water partition coefficient (Wildman–Crippen LogP) is 2.98. The second kappa shape index (κ2) is 9.03. The lowest BCUT2D eigenvalue weighted by Gasteiger charge is -2.38. The molecule has 1 unspecified atom stereocenters. The number of fused-ring (bicyclic) bond motifs is 1. The van der Waals surface area contributed by atoms with Gasteiger partial charge in [0.15, 0.2) is 0 Å². The number of halogens is 1. The van der Waals surface area contributed by atoms with Crippen molar-refractivity contribution in [2.45, 2.75) is 25.4 Å². The molecule has 4 heterocycles. The third-order valence-corrected chi connectivity index (χ3v) is 6.90. The van der Waals surface area contributed by atoms with Crippen LogP contribution >= 0.6 is 11.6 Å². The van der Waals surface area contributed by atoms with Crippen molar-refractivity contribution in [2.24, 2.45) is 0 Å². The zero-order chi connectivity index (χ0) is 22.9. The lowest BCUT2D eigenvalue weighted by molar-refractivity contribution is -0.134. The van der Waals surface area contributed by atoms with E-state index in [0.717, 1.165) is 54.3 Å². The van der Waals surface area contributed by atoms with Gasteiger partial charge in [0.25, 0.3) is 0 Å². The molecule has 0 radical (unpaired) electrons. The summed E-state index contributed by atoms with van der Waals surface area (Å²) < 4.78 is 7.29. The quantitative estimate of drug-likeness (QED) is 0.581. The van der Waals surface area contributed by atoms with Crippen molar-refractivity contribution in [3.63, 3.8) is 0 Å². The fraction of sp³-hybridized carbons (Fsp3) is 0.375. The second-order valence-corrected chi connectivity index (χ2v) is 8.81. The number of ether oxygens (including phenoxy) is 1. The van der Waals surface area contributed by atoms with Gasteiger partial charge in [-0.05, 0) is 30.2 Å². The molecular weight excluding hydrogens is 442 g/mol. The maximum Gasteiger partial charge on any atom is 0.234 e. The van der Waals surface area contributed by atoms with Crippen LogP contribution in [-0.4, -0.2) is 54.7 Å². The molecule has 8 nitrogen and oxygen atoms in total. The number of benzene rings is 1. The topological polar surface area (TPSA) is 79.2 Å². The highest BCUT2D eigenvalue weighted by Gasteiger charge is 2.31. The molecule has 3 aromatic rings. The number of carbonyl (C=O) groups is 2. The van der Waals surface area contributed by atoms with Gasteiger partial charge in [0, 0.05) is 45.3 Å². The monoisotopic (exact) mass is 467 g/mol. The van der Waals surface area contributed by atoms with Gasteiger partial charge < -0.3 is 14.5 Å². The Balaban J connectivity index is 1.34. The molecule has 1 atom stereocenters. The molecule has 2 aromatic heterocycles. The van der Waals surface area contributed by atoms with Crippen LogP contribution in [0, 0.1) is 0 Å². The number of piperidine rings is 1. The van der Waals surface area contributed by atoms with Crippen LogP contribution in [0.5, 0.6) is 0 Å². The number of carbonyl (C=O) groups excluding carboxylic acids is 2. The highest BCUT2D eigenvalue weighted by Crippen LogP contribution is 2.37. The van der Waals surface area contributed by atoms with E-state index in [1.165, 1.54) is 0 Å². The predicted molar refractivity (Wildman–Crippen MR) is 127 cm³/mol. The van der Waals surface area contributed by atoms with E-state index < -0.39 is 5.92 Å². The average Bonchev–Trinajstić information content (AvgIpc) is 3.31. The maximum atomic E-state index is 12.4. The molecule has 2 aliphatic heterocycles. The lowest BCUT2D eigenvalue weighted by Crippen LogP contribution is -2.47. The summed E-state index contributed by atoms with van der Waals surface area (Å²) in [6.07, 6.45) is 2.63. The van der Waals surface area contributed by atoms with Crippen LogP contribution < -0.4 is 15.1 Å². The van der Waals surface area contributed by atoms with Crippen LogP contribution in [0.3, 0.4) is 0 Å². The highest BCUT2D eigenvalue weighted by atomic mass is 35.5. The Morgan fingerprint density at radius 2 is 1.88 bits per heavy atom. The smallest absolute Gasteiger partial charge is 0.234 e. The van der Waals surface area contributed by atoms with Gasteiger partial charge in [-0.1, -0.05) is 29.8 Å². The minimum absolute atomic E-state index is 0.221. The third-order valence-electron chi connectivity index (χ3n) is 6.49. The molecule has 0 aliphatic carbocycles. The molecule has 1 aromatic carbocycles. The number of pyridine rings is 1. The third kappa shape index (κ3) is 4.05. The summed E-state index contributed by atoms with van der Waals surface area (Å²) in [6, 6.07) is 12.0. The number of hydrogen-bond acceptors (Lipinski definition) is 6. The molecule has 0 saturated carbocycles. The van der Waals surface area contributed by atoms with Gasteiger partial charge in [-0.25, -0.2) is 4.52 Å². The van der Waals surface area contributed by atoms with Crippen molar-refractivity contribution in [3.05, 3.63) is 58.7 Å². The Morgan fingerprint density at radius 1 is 1.09 bits per heavy atom. The second-order valence-electron chi connectivity index (χ2n) is 8.44. The van der Waals surface area contributed by atoms with E-state index in [0.29, 0.717) is 24.5 Å². The molecule has 2 saturated heterocycles. The summed E-state index contributed by atoms with van der Waals surface area (Å²) in [5, 5.41) is 7.55. The lowest BCUT2D eigenvalue weighted by atomic mass is 9.90. The van der Waals surface area contributed by atoms with Gasteiger partial charge in [-0.3, -0.25) is 14.9 Å². The zero-order valence-corrected chi connectivity index (χ0v) is 19.2. The molecule has 1 N–H and O–H groups in total. The number of imide groups is 1. The van der Waals surface area contributed by atoms with Gasteiger partial charge >= 0.3 is 0 Å². The Labute approximate surface area is 197 Å². The van der Waals surface area contributed by atoms with Gasteiger partial charge in [0.2, 0.25) is 11.8 Å².